The van der Waals surface area contributed by atoms with Gasteiger partial charge in [0.2, 0.25) is 5.88 Å². The number of aromatic amines is 1. The first kappa shape index (κ1) is 8.79. The minimum Gasteiger partial charge on any atom is -0.493 e. The van der Waals surface area contributed by atoms with Crippen LogP contribution in [0.15, 0.2) is 23.7 Å². The summed E-state index contributed by atoms with van der Waals surface area (Å²) < 4.78 is 0. The lowest BCUT2D eigenvalue weighted by molar-refractivity contribution is 0.448. The fraction of sp³-hybridized carbons (Fsp3) is 0.167. The Morgan fingerprint density at radius 2 is 2.42 bits per heavy atom. The van der Waals surface area contributed by atoms with Crippen LogP contribution in [0.25, 0.3) is 0 Å². The van der Waals surface area contributed by atoms with Crippen molar-refractivity contribution >= 4 is 11.8 Å². The average molecular weight is 184 g/mol. The number of rotatable bonds is 1. The first-order chi connectivity index (χ1) is 5.83. The highest BCUT2D eigenvalue weighted by molar-refractivity contribution is 7.98. The largest absolute Gasteiger partial charge is 0.493 e. The quantitative estimate of drug-likeness (QED) is 0.630. The summed E-state index contributed by atoms with van der Waals surface area (Å²) in [7, 11) is 0. The molecule has 0 aliphatic carbocycles. The van der Waals surface area contributed by atoms with E-state index in [-0.39, 0.29) is 5.88 Å². The van der Waals surface area contributed by atoms with Crippen molar-refractivity contribution in [1.29, 1.82) is 0 Å². The molecule has 1 heterocycles. The molecule has 1 rings (SSSR count). The minimum atomic E-state index is -0.107. The number of aromatic hydroxyl groups is 1. The van der Waals surface area contributed by atoms with E-state index in [1.165, 1.54) is 30.4 Å². The maximum Gasteiger partial charge on any atom is 0.214 e. The van der Waals surface area contributed by atoms with E-state index in [4.69, 9.17) is 5.11 Å². The van der Waals surface area contributed by atoms with Gasteiger partial charge in [-0.3, -0.25) is 5.10 Å². The molecule has 0 saturated heterocycles. The van der Waals surface area contributed by atoms with Crippen LogP contribution in [0.3, 0.4) is 0 Å². The number of hydrogen-bond donors (Lipinski definition) is 2. The monoisotopic (exact) mass is 184 g/mol. The van der Waals surface area contributed by atoms with Crippen molar-refractivity contribution in [1.82, 2.24) is 20.2 Å². The van der Waals surface area contributed by atoms with Crippen molar-refractivity contribution < 1.29 is 5.11 Å². The fourth-order valence-electron chi connectivity index (χ4n) is 0.527. The zero-order valence-electron chi connectivity index (χ0n) is 6.43. The van der Waals surface area contributed by atoms with E-state index in [1.807, 2.05) is 6.26 Å². The fourth-order valence-corrected chi connectivity index (χ4v) is 0.870. The van der Waals surface area contributed by atoms with Crippen molar-refractivity contribution in [3.63, 3.8) is 0 Å². The van der Waals surface area contributed by atoms with Crippen LogP contribution in [0.4, 0.5) is 0 Å². The Labute approximate surface area is 73.6 Å². The summed E-state index contributed by atoms with van der Waals surface area (Å²) in [6.07, 6.45) is 4.62. The van der Waals surface area contributed by atoms with E-state index in [2.05, 4.69) is 20.2 Å². The first-order valence-corrected chi connectivity index (χ1v) is 4.38. The third kappa shape index (κ3) is 2.75. The van der Waals surface area contributed by atoms with Gasteiger partial charge in [0.15, 0.2) is 5.16 Å². The van der Waals surface area contributed by atoms with E-state index in [1.54, 1.807) is 0 Å². The van der Waals surface area contributed by atoms with Gasteiger partial charge in [-0.2, -0.15) is 10.1 Å². The molecule has 0 atom stereocenters. The van der Waals surface area contributed by atoms with Gasteiger partial charge in [0.05, 0.1) is 6.20 Å². The van der Waals surface area contributed by atoms with E-state index < -0.39 is 0 Å². The molecule has 64 valence electrons. The van der Waals surface area contributed by atoms with Crippen molar-refractivity contribution in [3.8, 4) is 5.88 Å². The molecule has 0 radical (unpaired) electrons. The van der Waals surface area contributed by atoms with Crippen LogP contribution < -0.4 is 0 Å². The minimum absolute atomic E-state index is 0.107. The molecule has 5 nitrogen and oxygen atoms in total. The summed E-state index contributed by atoms with van der Waals surface area (Å²) >= 11 is 1.34. The van der Waals surface area contributed by atoms with Crippen LogP contribution in [0.2, 0.25) is 0 Å². The maximum atomic E-state index is 9.11. The normalized spacial score (nSPS) is 9.08. The second kappa shape index (κ2) is 4.55. The summed E-state index contributed by atoms with van der Waals surface area (Å²) in [5, 5.41) is 15.8. The molecule has 0 saturated carbocycles. The van der Waals surface area contributed by atoms with Gasteiger partial charge in [-0.05, 0) is 6.26 Å². The molecule has 0 spiro atoms. The molecule has 0 aromatic carbocycles. The van der Waals surface area contributed by atoms with Gasteiger partial charge in [0.1, 0.15) is 6.33 Å². The van der Waals surface area contributed by atoms with Crippen LogP contribution in [0, 0.1) is 0 Å². The van der Waals surface area contributed by atoms with Crippen molar-refractivity contribution in [2.75, 3.05) is 6.26 Å². The zero-order chi connectivity index (χ0) is 8.81. The van der Waals surface area contributed by atoms with Gasteiger partial charge < -0.3 is 5.11 Å². The SMILES string of the molecule is CSc1nc[nH]nccc(O)n1. The van der Waals surface area contributed by atoms with Gasteiger partial charge in [-0.15, -0.1) is 0 Å². The lowest BCUT2D eigenvalue weighted by Gasteiger charge is -1.86. The topological polar surface area (TPSA) is 74.7 Å². The smallest absolute Gasteiger partial charge is 0.214 e. The maximum absolute atomic E-state index is 9.11. The molecule has 0 aliphatic heterocycles. The summed E-state index contributed by atoms with van der Waals surface area (Å²) in [4.78, 5) is 7.66. The second-order valence-corrected chi connectivity index (χ2v) is 2.56. The molecule has 0 fully saturated rings. The second-order valence-electron chi connectivity index (χ2n) is 1.79. The van der Waals surface area contributed by atoms with Crippen molar-refractivity contribution in [3.05, 3.63) is 18.6 Å². The molecule has 1 aromatic rings. The van der Waals surface area contributed by atoms with Crippen LogP contribution in [-0.2, 0) is 0 Å². The van der Waals surface area contributed by atoms with Crippen molar-refractivity contribution in [2.45, 2.75) is 5.16 Å². The molecule has 0 unspecified atom stereocenters. The molecule has 1 aromatic heterocycles. The Kier molecular flexibility index (Phi) is 3.34. The van der Waals surface area contributed by atoms with E-state index >= 15 is 0 Å². The van der Waals surface area contributed by atoms with Gasteiger partial charge in [-0.1, -0.05) is 11.8 Å². The highest BCUT2D eigenvalue weighted by Crippen LogP contribution is 2.07. The van der Waals surface area contributed by atoms with Crippen LogP contribution >= 0.6 is 11.8 Å². The Bertz CT molecular complexity index is 299. The van der Waals surface area contributed by atoms with E-state index in [0.29, 0.717) is 5.16 Å². The van der Waals surface area contributed by atoms with E-state index in [0.717, 1.165) is 0 Å². The molecular formula is C6H8N4OS. The Morgan fingerprint density at radius 3 is 3.17 bits per heavy atom. The third-order valence-electron chi connectivity index (χ3n) is 0.998. The number of thioether (sulfide) groups is 1. The number of nitrogens with one attached hydrogen (secondary N) is 1. The summed E-state index contributed by atoms with van der Waals surface area (Å²) in [6, 6.07) is 1.37. The van der Waals surface area contributed by atoms with E-state index in [9.17, 15) is 0 Å². The lowest BCUT2D eigenvalue weighted by Crippen LogP contribution is -1.78. The number of hydrogen-bond acceptors (Lipinski definition) is 5. The van der Waals surface area contributed by atoms with Crippen LogP contribution in [-0.4, -0.2) is 31.5 Å². The van der Waals surface area contributed by atoms with Gasteiger partial charge in [0, 0.05) is 6.07 Å². The molecule has 0 aliphatic rings. The Hall–Kier alpha value is -1.30. The lowest BCUT2D eigenvalue weighted by atomic mass is 10.7. The predicted molar refractivity (Wildman–Crippen MR) is 45.3 cm³/mol. The number of nitrogens with zero attached hydrogens (tertiary/aromatic N) is 3. The zero-order valence-corrected chi connectivity index (χ0v) is 7.25. The van der Waals surface area contributed by atoms with Gasteiger partial charge in [-0.25, -0.2) is 4.98 Å². The van der Waals surface area contributed by atoms with Gasteiger partial charge in [0.25, 0.3) is 0 Å². The molecule has 0 amide bonds. The number of aromatic nitrogens is 4. The molecule has 2 N–H and O–H groups in total. The standard InChI is InChI=1S/C6H8N4OS/c1-12-6-7-4-9-8-3-2-5(11)10-6/h2-4,11H,1H3,(H,7,9,10). The summed E-state index contributed by atoms with van der Waals surface area (Å²) in [6.45, 7) is 0. The molecule has 0 bridgehead atoms. The van der Waals surface area contributed by atoms with Gasteiger partial charge >= 0.3 is 0 Å². The average Bonchev–Trinajstić information content (AvgIpc) is 2.16. The van der Waals surface area contributed by atoms with Crippen molar-refractivity contribution in [2.24, 2.45) is 0 Å². The predicted octanol–water partition coefficient (Wildman–Crippen LogP) is 0.752. The number of H-pyrrole nitrogens is 1. The summed E-state index contributed by atoms with van der Waals surface area (Å²) in [5.74, 6) is -0.107. The Balaban J connectivity index is 3.21. The molecular weight excluding hydrogens is 176 g/mol. The first-order valence-electron chi connectivity index (χ1n) is 3.16. The van der Waals surface area contributed by atoms with Crippen LogP contribution in [0.1, 0.15) is 0 Å². The Morgan fingerprint density at radius 1 is 1.58 bits per heavy atom. The summed E-state index contributed by atoms with van der Waals surface area (Å²) in [5.41, 5.74) is 0. The highest BCUT2D eigenvalue weighted by atomic mass is 32.2. The highest BCUT2D eigenvalue weighted by Gasteiger charge is 1.89. The van der Waals surface area contributed by atoms with Crippen LogP contribution in [0.5, 0.6) is 5.88 Å². The third-order valence-corrected chi connectivity index (χ3v) is 1.56. The molecule has 12 heavy (non-hydrogen) atoms. The molecule has 6 heteroatoms.